The largest absolute Gasteiger partial charge is 0.437 e. The standard InChI is InChI=1S/C13H38O5Si5/c1-14-13-23(12,17-21(8,9)15-19(2,3)4)18-22(10,11)16-20(5,6)7/h13H2,1-12H3/i8T. The van der Waals surface area contributed by atoms with E-state index in [0.29, 0.717) is 6.23 Å². The molecule has 0 radical (unpaired) electrons. The molecule has 2 unspecified atom stereocenters. The van der Waals surface area contributed by atoms with E-state index in [0.717, 1.165) is 0 Å². The number of rotatable bonds is 10. The Labute approximate surface area is 150 Å². The van der Waals surface area contributed by atoms with Gasteiger partial charge in [0.2, 0.25) is 0 Å². The van der Waals surface area contributed by atoms with Crippen molar-refractivity contribution in [3.63, 3.8) is 0 Å². The molecular weight excluding hydrogens is 377 g/mol. The first-order valence-electron chi connectivity index (χ1n) is 8.74. The first kappa shape index (κ1) is 21.9. The van der Waals surface area contributed by atoms with Gasteiger partial charge in [0.05, 0.1) is 6.23 Å². The highest BCUT2D eigenvalue weighted by molar-refractivity contribution is 6.90. The second-order valence-corrected chi connectivity index (χ2v) is 28.1. The molecule has 0 fully saturated rings. The molecule has 0 aromatic rings. The summed E-state index contributed by atoms with van der Waals surface area (Å²) in [5.74, 6) is 0. The van der Waals surface area contributed by atoms with Crippen molar-refractivity contribution in [3.8, 4) is 0 Å². The first-order valence-corrected chi connectivity index (χ1v) is 22.7. The summed E-state index contributed by atoms with van der Waals surface area (Å²) in [4.78, 5) is 0. The van der Waals surface area contributed by atoms with Crippen LogP contribution in [-0.4, -0.2) is 55.7 Å². The van der Waals surface area contributed by atoms with Crippen molar-refractivity contribution in [1.82, 2.24) is 0 Å². The minimum absolute atomic E-state index is 0.157. The lowest BCUT2D eigenvalue weighted by atomic mass is 11.5. The van der Waals surface area contributed by atoms with Crippen LogP contribution in [0.15, 0.2) is 0 Å². The zero-order valence-electron chi connectivity index (χ0n) is 18.0. The van der Waals surface area contributed by atoms with Crippen molar-refractivity contribution in [1.29, 1.82) is 0 Å². The SMILES string of the molecule is [3H]C[Si](C)(O[Si](C)(C)C)O[Si](C)(COC)O[Si](C)(C)O[Si](C)(C)C. The third-order valence-corrected chi connectivity index (χ3v) is 18.9. The number of hydrogen-bond donors (Lipinski definition) is 0. The van der Waals surface area contributed by atoms with E-state index in [9.17, 15) is 0 Å². The summed E-state index contributed by atoms with van der Waals surface area (Å²) in [7, 11) is -9.49. The van der Waals surface area contributed by atoms with Crippen LogP contribution in [0.5, 0.6) is 0 Å². The van der Waals surface area contributed by atoms with Gasteiger partial charge in [0.25, 0.3) is 0 Å². The lowest BCUT2D eigenvalue weighted by molar-refractivity contribution is 0.193. The topological polar surface area (TPSA) is 46.2 Å². The molecule has 0 amide bonds. The normalized spacial score (nSPS) is 19.9. The Morgan fingerprint density at radius 3 is 1.39 bits per heavy atom. The molecule has 0 saturated heterocycles. The summed E-state index contributed by atoms with van der Waals surface area (Å²) in [5.41, 5.74) is 0. The van der Waals surface area contributed by atoms with Gasteiger partial charge in [-0.3, -0.25) is 0 Å². The Morgan fingerprint density at radius 2 is 1.04 bits per heavy atom. The van der Waals surface area contributed by atoms with Gasteiger partial charge in [-0.15, -0.1) is 0 Å². The van der Waals surface area contributed by atoms with E-state index in [1.54, 1.807) is 7.11 Å². The van der Waals surface area contributed by atoms with Crippen LogP contribution in [-0.2, 0) is 21.2 Å². The monoisotopic (exact) mass is 416 g/mol. The van der Waals surface area contributed by atoms with Crippen LogP contribution in [0.25, 0.3) is 0 Å². The van der Waals surface area contributed by atoms with Crippen LogP contribution < -0.4 is 0 Å². The summed E-state index contributed by atoms with van der Waals surface area (Å²) in [6, 6.07) is 0. The van der Waals surface area contributed by atoms with Crippen molar-refractivity contribution in [2.45, 2.75) is 72.0 Å². The first-order chi connectivity index (χ1) is 10.4. The van der Waals surface area contributed by atoms with Crippen LogP contribution in [0, 0.1) is 0 Å². The van der Waals surface area contributed by atoms with E-state index in [4.69, 9.17) is 22.6 Å². The highest BCUT2D eigenvalue weighted by Crippen LogP contribution is 2.26. The molecule has 2 atom stereocenters. The maximum absolute atomic E-state index is 7.97. The van der Waals surface area contributed by atoms with Gasteiger partial charge in [-0.2, -0.15) is 0 Å². The second-order valence-electron chi connectivity index (χ2n) is 8.73. The van der Waals surface area contributed by atoms with Gasteiger partial charge in [0.15, 0.2) is 16.6 Å². The fourth-order valence-corrected chi connectivity index (χ4v) is 24.3. The third kappa shape index (κ3) is 12.0. The predicted octanol–water partition coefficient (Wildman–Crippen LogP) is 4.38. The fraction of sp³-hybridized carbons (Fsp3) is 1.00. The van der Waals surface area contributed by atoms with Gasteiger partial charge in [0.1, 0.15) is 0 Å². The van der Waals surface area contributed by atoms with E-state index in [1.807, 2.05) is 13.1 Å². The van der Waals surface area contributed by atoms with Gasteiger partial charge in [-0.1, -0.05) is 0 Å². The van der Waals surface area contributed by atoms with Gasteiger partial charge in [0, 0.05) is 8.48 Å². The van der Waals surface area contributed by atoms with Crippen LogP contribution in [0.4, 0.5) is 0 Å². The highest BCUT2D eigenvalue weighted by Gasteiger charge is 2.47. The summed E-state index contributed by atoms with van der Waals surface area (Å²) >= 11 is 0. The smallest absolute Gasteiger partial charge is 0.344 e. The molecule has 0 aliphatic carbocycles. The fourth-order valence-electron chi connectivity index (χ4n) is 2.75. The third-order valence-electron chi connectivity index (χ3n) is 2.37. The van der Waals surface area contributed by atoms with Crippen molar-refractivity contribution in [2.24, 2.45) is 0 Å². The van der Waals surface area contributed by atoms with E-state index in [-0.39, 0.29) is 6.52 Å². The Morgan fingerprint density at radius 1 is 0.652 bits per heavy atom. The maximum atomic E-state index is 7.97. The molecule has 23 heavy (non-hydrogen) atoms. The number of hydrogen-bond acceptors (Lipinski definition) is 5. The number of methoxy groups -OCH3 is 1. The minimum Gasteiger partial charge on any atom is -0.437 e. The van der Waals surface area contributed by atoms with Gasteiger partial charge < -0.3 is 21.2 Å². The molecule has 0 rings (SSSR count). The van der Waals surface area contributed by atoms with Crippen molar-refractivity contribution < 1.29 is 22.6 Å². The van der Waals surface area contributed by atoms with E-state index in [2.05, 4.69) is 52.4 Å². The number of ether oxygens (including phenoxy) is 1. The molecule has 0 saturated carbocycles. The second kappa shape index (κ2) is 8.06. The molecule has 0 heterocycles. The van der Waals surface area contributed by atoms with E-state index < -0.39 is 42.3 Å². The molecular formula is C13H38O5Si5. The molecule has 10 heteroatoms. The summed E-state index contributed by atoms with van der Waals surface area (Å²) in [6.07, 6.45) is 0.413. The molecule has 0 spiro atoms. The molecule has 0 aromatic carbocycles. The lowest BCUT2D eigenvalue weighted by Crippen LogP contribution is -2.61. The Balaban J connectivity index is 5.35. The van der Waals surface area contributed by atoms with Crippen LogP contribution in [0.3, 0.4) is 0 Å². The summed E-state index contributed by atoms with van der Waals surface area (Å²) in [5, 5.41) is 0. The molecule has 5 nitrogen and oxygen atoms in total. The zero-order valence-corrected chi connectivity index (χ0v) is 22.0. The van der Waals surface area contributed by atoms with E-state index in [1.165, 1.54) is 0 Å². The predicted molar refractivity (Wildman–Crippen MR) is 109 cm³/mol. The Hall–Kier alpha value is 0.884. The lowest BCUT2D eigenvalue weighted by Gasteiger charge is -2.42. The minimum atomic E-state index is -2.67. The molecule has 0 aliphatic rings. The van der Waals surface area contributed by atoms with Gasteiger partial charge in [-0.25, -0.2) is 0 Å². The van der Waals surface area contributed by atoms with Crippen molar-refractivity contribution in [2.75, 3.05) is 13.3 Å². The summed E-state index contributed by atoms with van der Waals surface area (Å²) in [6.45, 7) is 21.1. The Kier molecular flexibility index (Phi) is 7.68. The van der Waals surface area contributed by atoms with Gasteiger partial charge >= 0.3 is 25.7 Å². The average Bonchev–Trinajstić information content (AvgIpc) is 2.20. The highest BCUT2D eigenvalue weighted by atomic mass is 28.5. The molecule has 0 aliphatic heterocycles. The molecule has 140 valence electrons. The van der Waals surface area contributed by atoms with Crippen molar-refractivity contribution >= 4 is 42.3 Å². The zero-order chi connectivity index (χ0) is 19.4. The van der Waals surface area contributed by atoms with Crippen LogP contribution >= 0.6 is 0 Å². The molecule has 0 aromatic heterocycles. The average molecular weight is 417 g/mol. The van der Waals surface area contributed by atoms with Gasteiger partial charge in [-0.05, 0) is 72.0 Å². The Bertz CT molecular complexity index is 401. The van der Waals surface area contributed by atoms with Crippen molar-refractivity contribution in [3.05, 3.63) is 0 Å². The van der Waals surface area contributed by atoms with Crippen LogP contribution in [0.1, 0.15) is 1.37 Å². The molecule has 0 bridgehead atoms. The molecule has 0 N–H and O–H groups in total. The summed E-state index contributed by atoms with van der Waals surface area (Å²) < 4.78 is 38.9. The van der Waals surface area contributed by atoms with Crippen LogP contribution in [0.2, 0.25) is 72.0 Å². The quantitative estimate of drug-likeness (QED) is 0.494. The van der Waals surface area contributed by atoms with E-state index >= 15 is 0 Å². The maximum Gasteiger partial charge on any atom is 0.344 e.